The summed E-state index contributed by atoms with van der Waals surface area (Å²) >= 11 is 0. The lowest BCUT2D eigenvalue weighted by atomic mass is 10.3. The lowest BCUT2D eigenvalue weighted by Crippen LogP contribution is -2.25. The van der Waals surface area contributed by atoms with E-state index in [2.05, 4.69) is 0 Å². The van der Waals surface area contributed by atoms with Crippen LogP contribution in [0.25, 0.3) is 0 Å². The highest BCUT2D eigenvalue weighted by atomic mass is 16.7. The van der Waals surface area contributed by atoms with Crippen LogP contribution in [0, 0.1) is 0 Å². The van der Waals surface area contributed by atoms with Crippen LogP contribution >= 0.6 is 0 Å². The molecule has 1 aliphatic heterocycles. The van der Waals surface area contributed by atoms with Gasteiger partial charge in [0.15, 0.2) is 6.29 Å². The number of aliphatic hydroxyl groups is 1. The summed E-state index contributed by atoms with van der Waals surface area (Å²) < 4.78 is 15.7. The average molecular weight is 176 g/mol. The molecule has 4 nitrogen and oxygen atoms in total. The highest BCUT2D eigenvalue weighted by Gasteiger charge is 2.45. The fourth-order valence-corrected chi connectivity index (χ4v) is 1.11. The van der Waals surface area contributed by atoms with Gasteiger partial charge in [0.25, 0.3) is 0 Å². The van der Waals surface area contributed by atoms with Crippen LogP contribution in [0.2, 0.25) is 0 Å². The molecule has 0 amide bonds. The Kier molecular flexibility index (Phi) is 3.94. The van der Waals surface area contributed by atoms with Crippen molar-refractivity contribution in [3.63, 3.8) is 0 Å². The summed E-state index contributed by atoms with van der Waals surface area (Å²) in [7, 11) is 0. The fraction of sp³-hybridized carbons (Fsp3) is 1.00. The van der Waals surface area contributed by atoms with E-state index in [-0.39, 0.29) is 25.1 Å². The lowest BCUT2D eigenvalue weighted by Gasteiger charge is -2.13. The van der Waals surface area contributed by atoms with Crippen molar-refractivity contribution in [2.75, 3.05) is 19.8 Å². The van der Waals surface area contributed by atoms with E-state index < -0.39 is 0 Å². The fourth-order valence-electron chi connectivity index (χ4n) is 1.11. The van der Waals surface area contributed by atoms with Gasteiger partial charge in [-0.3, -0.25) is 0 Å². The number of rotatable bonds is 6. The molecule has 0 aromatic heterocycles. The van der Waals surface area contributed by atoms with Crippen LogP contribution < -0.4 is 0 Å². The highest BCUT2D eigenvalue weighted by molar-refractivity contribution is 4.87. The molecule has 0 unspecified atom stereocenters. The van der Waals surface area contributed by atoms with Crippen LogP contribution in [0.3, 0.4) is 0 Å². The summed E-state index contributed by atoms with van der Waals surface area (Å²) in [6, 6.07) is 0. The molecule has 1 N–H and O–H groups in total. The Morgan fingerprint density at radius 1 is 1.33 bits per heavy atom. The van der Waals surface area contributed by atoms with Crippen molar-refractivity contribution in [3.05, 3.63) is 0 Å². The highest BCUT2D eigenvalue weighted by Crippen LogP contribution is 2.27. The molecule has 0 aromatic carbocycles. The largest absolute Gasteiger partial charge is 0.394 e. The minimum absolute atomic E-state index is 0.0430. The number of epoxide rings is 1. The van der Waals surface area contributed by atoms with E-state index in [0.717, 1.165) is 0 Å². The van der Waals surface area contributed by atoms with E-state index in [4.69, 9.17) is 19.3 Å². The van der Waals surface area contributed by atoms with E-state index in [0.29, 0.717) is 13.2 Å². The predicted octanol–water partition coefficient (Wildman–Crippen LogP) is 0.145. The SMILES string of the molecule is CCOC(OCC)[C@@H]1O[C@H]1CO. The summed E-state index contributed by atoms with van der Waals surface area (Å²) in [5.41, 5.74) is 0. The molecule has 2 atom stereocenters. The molecule has 1 aliphatic rings. The van der Waals surface area contributed by atoms with Crippen LogP contribution in [0.15, 0.2) is 0 Å². The first-order chi connectivity index (χ1) is 5.83. The maximum atomic E-state index is 8.73. The van der Waals surface area contributed by atoms with Crippen molar-refractivity contribution in [2.45, 2.75) is 32.3 Å². The number of aliphatic hydroxyl groups excluding tert-OH is 1. The number of hydrogen-bond donors (Lipinski definition) is 1. The molecule has 0 spiro atoms. The maximum Gasteiger partial charge on any atom is 0.186 e. The first kappa shape index (κ1) is 9.92. The van der Waals surface area contributed by atoms with Crippen molar-refractivity contribution in [2.24, 2.45) is 0 Å². The Labute approximate surface area is 72.4 Å². The number of ether oxygens (including phenoxy) is 3. The molecular weight excluding hydrogens is 160 g/mol. The van der Waals surface area contributed by atoms with E-state index in [1.165, 1.54) is 0 Å². The zero-order valence-corrected chi connectivity index (χ0v) is 7.53. The molecule has 0 radical (unpaired) electrons. The van der Waals surface area contributed by atoms with E-state index in [1.54, 1.807) is 0 Å². The minimum atomic E-state index is -0.308. The molecule has 0 saturated carbocycles. The zero-order valence-electron chi connectivity index (χ0n) is 7.53. The smallest absolute Gasteiger partial charge is 0.186 e. The van der Waals surface area contributed by atoms with Gasteiger partial charge in [0.2, 0.25) is 0 Å². The average Bonchev–Trinajstić information content (AvgIpc) is 2.83. The second kappa shape index (κ2) is 4.77. The molecule has 72 valence electrons. The standard InChI is InChI=1S/C8H16O4/c1-3-10-8(11-4-2)7-6(5-9)12-7/h6-9H,3-5H2,1-2H3/t6-,7+/m0/s1. The first-order valence-electron chi connectivity index (χ1n) is 4.33. The second-order valence-electron chi connectivity index (χ2n) is 2.60. The summed E-state index contributed by atoms with van der Waals surface area (Å²) in [5, 5.41) is 8.73. The molecule has 0 aliphatic carbocycles. The Morgan fingerprint density at radius 3 is 2.25 bits per heavy atom. The Bertz CT molecular complexity index is 122. The van der Waals surface area contributed by atoms with Gasteiger partial charge in [-0.2, -0.15) is 0 Å². The van der Waals surface area contributed by atoms with Gasteiger partial charge in [-0.1, -0.05) is 0 Å². The van der Waals surface area contributed by atoms with Gasteiger partial charge in [0.05, 0.1) is 6.61 Å². The third-order valence-electron chi connectivity index (χ3n) is 1.73. The molecule has 12 heavy (non-hydrogen) atoms. The Morgan fingerprint density at radius 2 is 1.92 bits per heavy atom. The molecule has 4 heteroatoms. The van der Waals surface area contributed by atoms with E-state index >= 15 is 0 Å². The first-order valence-corrected chi connectivity index (χ1v) is 4.33. The van der Waals surface area contributed by atoms with Crippen molar-refractivity contribution in [1.82, 2.24) is 0 Å². The quantitative estimate of drug-likeness (QED) is 0.462. The predicted molar refractivity (Wildman–Crippen MR) is 42.8 cm³/mol. The topological polar surface area (TPSA) is 51.2 Å². The van der Waals surface area contributed by atoms with Crippen molar-refractivity contribution < 1.29 is 19.3 Å². The zero-order chi connectivity index (χ0) is 8.97. The van der Waals surface area contributed by atoms with Gasteiger partial charge in [0.1, 0.15) is 12.2 Å². The number of hydrogen-bond acceptors (Lipinski definition) is 4. The van der Waals surface area contributed by atoms with E-state index in [9.17, 15) is 0 Å². The summed E-state index contributed by atoms with van der Waals surface area (Å²) in [5.74, 6) is 0. The minimum Gasteiger partial charge on any atom is -0.394 e. The summed E-state index contributed by atoms with van der Waals surface area (Å²) in [6.45, 7) is 5.05. The Hall–Kier alpha value is -0.160. The molecule has 1 fully saturated rings. The molecule has 0 aromatic rings. The van der Waals surface area contributed by atoms with Crippen LogP contribution in [-0.2, 0) is 14.2 Å². The monoisotopic (exact) mass is 176 g/mol. The maximum absolute atomic E-state index is 8.73. The normalized spacial score (nSPS) is 28.0. The van der Waals surface area contributed by atoms with Crippen LogP contribution in [0.4, 0.5) is 0 Å². The van der Waals surface area contributed by atoms with Gasteiger partial charge in [-0.05, 0) is 13.8 Å². The summed E-state index contributed by atoms with van der Waals surface area (Å²) in [6.07, 6.45) is -0.472. The van der Waals surface area contributed by atoms with Crippen LogP contribution in [0.5, 0.6) is 0 Å². The summed E-state index contributed by atoms with van der Waals surface area (Å²) in [4.78, 5) is 0. The third kappa shape index (κ3) is 2.42. The van der Waals surface area contributed by atoms with Crippen molar-refractivity contribution in [1.29, 1.82) is 0 Å². The van der Waals surface area contributed by atoms with Gasteiger partial charge >= 0.3 is 0 Å². The molecule has 0 bridgehead atoms. The second-order valence-corrected chi connectivity index (χ2v) is 2.60. The van der Waals surface area contributed by atoms with Crippen molar-refractivity contribution >= 4 is 0 Å². The van der Waals surface area contributed by atoms with E-state index in [1.807, 2.05) is 13.8 Å². The molecular formula is C8H16O4. The van der Waals surface area contributed by atoms with Crippen molar-refractivity contribution in [3.8, 4) is 0 Å². The molecule has 1 saturated heterocycles. The molecule has 1 heterocycles. The third-order valence-corrected chi connectivity index (χ3v) is 1.73. The van der Waals surface area contributed by atoms with Gasteiger partial charge in [-0.15, -0.1) is 0 Å². The van der Waals surface area contributed by atoms with Gasteiger partial charge < -0.3 is 19.3 Å². The van der Waals surface area contributed by atoms with Crippen LogP contribution in [0.1, 0.15) is 13.8 Å². The molecule has 1 rings (SSSR count). The van der Waals surface area contributed by atoms with Gasteiger partial charge in [0, 0.05) is 13.2 Å². The Balaban J connectivity index is 2.24. The van der Waals surface area contributed by atoms with Gasteiger partial charge in [-0.25, -0.2) is 0 Å². The lowest BCUT2D eigenvalue weighted by molar-refractivity contribution is -0.147. The van der Waals surface area contributed by atoms with Crippen LogP contribution in [-0.4, -0.2) is 43.4 Å².